The highest BCUT2D eigenvalue weighted by molar-refractivity contribution is 7.91. The highest BCUT2D eigenvalue weighted by Gasteiger charge is 2.24. The molecule has 0 spiro atoms. The quantitative estimate of drug-likeness (QED) is 0.656. The van der Waals surface area contributed by atoms with Gasteiger partial charge in [0.25, 0.3) is 0 Å². The molecule has 3 heterocycles. The van der Waals surface area contributed by atoms with E-state index in [2.05, 4.69) is 20.9 Å². The summed E-state index contributed by atoms with van der Waals surface area (Å²) in [6.07, 6.45) is 4.80. The molecular formula is C21H22FN3O2S. The number of para-hydroxylation sites is 1. The number of sulfone groups is 1. The normalized spacial score (nSPS) is 16.5. The molecule has 146 valence electrons. The first-order chi connectivity index (χ1) is 13.6. The first-order valence-corrected chi connectivity index (χ1v) is 10.9. The third-order valence-corrected chi connectivity index (χ3v) is 7.00. The van der Waals surface area contributed by atoms with Crippen LogP contribution in [-0.4, -0.2) is 49.6 Å². The van der Waals surface area contributed by atoms with Gasteiger partial charge in [-0.1, -0.05) is 24.3 Å². The average Bonchev–Trinajstić information content (AvgIpc) is 2.74. The molecular weight excluding hydrogens is 377 g/mol. The summed E-state index contributed by atoms with van der Waals surface area (Å²) in [5.74, 6) is 0.352. The van der Waals surface area contributed by atoms with Gasteiger partial charge in [0.15, 0.2) is 5.03 Å². The zero-order valence-corrected chi connectivity index (χ0v) is 16.3. The van der Waals surface area contributed by atoms with Crippen LogP contribution in [-0.2, 0) is 9.84 Å². The zero-order valence-electron chi connectivity index (χ0n) is 15.5. The predicted molar refractivity (Wildman–Crippen MR) is 106 cm³/mol. The molecule has 0 bridgehead atoms. The molecule has 1 fully saturated rings. The van der Waals surface area contributed by atoms with Crippen molar-refractivity contribution in [2.45, 2.75) is 28.7 Å². The van der Waals surface area contributed by atoms with Gasteiger partial charge < -0.3 is 4.90 Å². The summed E-state index contributed by atoms with van der Waals surface area (Å²) < 4.78 is 38.2. The molecule has 3 aromatic rings. The van der Waals surface area contributed by atoms with E-state index in [-0.39, 0.29) is 16.6 Å². The molecule has 1 aliphatic rings. The Hall–Kier alpha value is -2.38. The van der Waals surface area contributed by atoms with Gasteiger partial charge in [-0.2, -0.15) is 0 Å². The molecule has 2 aromatic heterocycles. The molecule has 7 heteroatoms. The second-order valence-corrected chi connectivity index (χ2v) is 8.96. The third kappa shape index (κ3) is 3.64. The lowest BCUT2D eigenvalue weighted by molar-refractivity contribution is 0.197. The average molecular weight is 399 g/mol. The molecule has 0 amide bonds. The third-order valence-electron chi connectivity index (χ3n) is 5.37. The summed E-state index contributed by atoms with van der Waals surface area (Å²) in [7, 11) is -3.70. The fraction of sp³-hybridized carbons (Fsp3) is 0.333. The van der Waals surface area contributed by atoms with Gasteiger partial charge in [-0.3, -0.25) is 4.98 Å². The van der Waals surface area contributed by atoms with Crippen molar-refractivity contribution in [1.29, 1.82) is 0 Å². The number of nitrogens with zero attached hydrogens (tertiary/aromatic N) is 3. The summed E-state index contributed by atoms with van der Waals surface area (Å²) in [5.41, 5.74) is 1.98. The van der Waals surface area contributed by atoms with Gasteiger partial charge in [-0.25, -0.2) is 17.8 Å². The molecule has 1 saturated heterocycles. The second kappa shape index (κ2) is 7.93. The Bertz CT molecular complexity index is 1070. The first-order valence-electron chi connectivity index (χ1n) is 9.43. The Morgan fingerprint density at radius 3 is 2.61 bits per heavy atom. The summed E-state index contributed by atoms with van der Waals surface area (Å²) in [5, 5.41) is 0.827. The van der Waals surface area contributed by atoms with Crippen LogP contribution in [0.5, 0.6) is 0 Å². The van der Waals surface area contributed by atoms with Crippen molar-refractivity contribution in [1.82, 2.24) is 14.9 Å². The number of benzene rings is 1. The van der Waals surface area contributed by atoms with Crippen LogP contribution in [0.15, 0.2) is 64.8 Å². The lowest BCUT2D eigenvalue weighted by atomic mass is 9.88. The molecule has 0 radical (unpaired) electrons. The molecule has 1 aliphatic heterocycles. The molecule has 0 unspecified atom stereocenters. The number of halogens is 1. The number of pyridine rings is 2. The van der Waals surface area contributed by atoms with Gasteiger partial charge in [0.2, 0.25) is 9.84 Å². The van der Waals surface area contributed by atoms with Crippen molar-refractivity contribution in [2.75, 3.05) is 26.3 Å². The molecule has 5 nitrogen and oxygen atoms in total. The van der Waals surface area contributed by atoms with Crippen LogP contribution >= 0.6 is 0 Å². The number of aromatic nitrogens is 2. The fourth-order valence-corrected chi connectivity index (χ4v) is 5.03. The van der Waals surface area contributed by atoms with Crippen LogP contribution < -0.4 is 0 Å². The number of alkyl halides is 1. The van der Waals surface area contributed by atoms with Crippen LogP contribution in [0.2, 0.25) is 0 Å². The van der Waals surface area contributed by atoms with Crippen LogP contribution in [0, 0.1) is 0 Å². The highest BCUT2D eigenvalue weighted by Crippen LogP contribution is 2.33. The maximum absolute atomic E-state index is 12.8. The Balaban J connectivity index is 1.66. The molecule has 1 aromatic carbocycles. The maximum Gasteiger partial charge on any atom is 0.225 e. The molecule has 4 rings (SSSR count). The lowest BCUT2D eigenvalue weighted by Crippen LogP contribution is -2.34. The Morgan fingerprint density at radius 2 is 1.89 bits per heavy atom. The number of fused-ring (bicyclic) bond motifs is 1. The van der Waals surface area contributed by atoms with Crippen molar-refractivity contribution < 1.29 is 12.8 Å². The Labute approximate surface area is 164 Å². The fourth-order valence-electron chi connectivity index (χ4n) is 3.85. The van der Waals surface area contributed by atoms with Crippen LogP contribution in [0.25, 0.3) is 10.9 Å². The van der Waals surface area contributed by atoms with Crippen LogP contribution in [0.4, 0.5) is 4.39 Å². The van der Waals surface area contributed by atoms with Gasteiger partial charge >= 0.3 is 0 Å². The first kappa shape index (κ1) is 19.0. The molecule has 28 heavy (non-hydrogen) atoms. The Morgan fingerprint density at radius 1 is 1.07 bits per heavy atom. The number of piperidine rings is 1. The highest BCUT2D eigenvalue weighted by atomic mass is 32.2. The number of hydrogen-bond donors (Lipinski definition) is 0. The van der Waals surface area contributed by atoms with E-state index in [1.807, 2.05) is 12.1 Å². The van der Waals surface area contributed by atoms with Gasteiger partial charge in [0, 0.05) is 24.3 Å². The second-order valence-electron chi connectivity index (χ2n) is 7.07. The zero-order chi connectivity index (χ0) is 19.6. The minimum absolute atomic E-state index is 0.0209. The summed E-state index contributed by atoms with van der Waals surface area (Å²) in [6, 6.07) is 12.4. The predicted octanol–water partition coefficient (Wildman–Crippen LogP) is 3.61. The number of hydrogen-bond acceptors (Lipinski definition) is 5. The van der Waals surface area contributed by atoms with E-state index < -0.39 is 9.84 Å². The van der Waals surface area contributed by atoms with Crippen LogP contribution in [0.1, 0.15) is 24.3 Å². The minimum Gasteiger partial charge on any atom is -0.301 e. The standard InChI is InChI=1S/C21H22FN3O2S/c22-9-13-25-11-7-16(8-12-25)19-5-3-4-17-14-18(15-24-21(17)19)28(26,27)20-6-1-2-10-23-20/h1-6,10,14-16H,7-9,11-13H2. The molecule has 0 aliphatic carbocycles. The van der Waals surface area contributed by atoms with E-state index >= 15 is 0 Å². The van der Waals surface area contributed by atoms with E-state index in [4.69, 9.17) is 0 Å². The van der Waals surface area contributed by atoms with Crippen molar-refractivity contribution in [2.24, 2.45) is 0 Å². The Kier molecular flexibility index (Phi) is 5.37. The topological polar surface area (TPSA) is 63.2 Å². The van der Waals surface area contributed by atoms with Gasteiger partial charge in [-0.05, 0) is 55.6 Å². The van der Waals surface area contributed by atoms with Crippen molar-refractivity contribution in [3.8, 4) is 0 Å². The van der Waals surface area contributed by atoms with Crippen molar-refractivity contribution in [3.05, 3.63) is 60.4 Å². The summed E-state index contributed by atoms with van der Waals surface area (Å²) in [4.78, 5) is 10.8. The van der Waals surface area contributed by atoms with Crippen molar-refractivity contribution >= 4 is 20.7 Å². The summed E-state index contributed by atoms with van der Waals surface area (Å²) in [6.45, 7) is 1.93. The van der Waals surface area contributed by atoms with E-state index in [0.717, 1.165) is 42.4 Å². The minimum atomic E-state index is -3.70. The lowest BCUT2D eigenvalue weighted by Gasteiger charge is -2.31. The van der Waals surface area contributed by atoms with Crippen molar-refractivity contribution in [3.63, 3.8) is 0 Å². The van der Waals surface area contributed by atoms with Crippen LogP contribution in [0.3, 0.4) is 0 Å². The van der Waals surface area contributed by atoms with Gasteiger partial charge in [0.1, 0.15) is 6.67 Å². The van der Waals surface area contributed by atoms with E-state index in [9.17, 15) is 12.8 Å². The van der Waals surface area contributed by atoms with E-state index in [1.54, 1.807) is 18.2 Å². The van der Waals surface area contributed by atoms with E-state index in [1.165, 1.54) is 18.5 Å². The largest absolute Gasteiger partial charge is 0.301 e. The molecule has 0 saturated carbocycles. The monoisotopic (exact) mass is 399 g/mol. The van der Waals surface area contributed by atoms with E-state index in [0.29, 0.717) is 12.5 Å². The molecule has 0 N–H and O–H groups in total. The van der Waals surface area contributed by atoms with Gasteiger partial charge in [0.05, 0.1) is 10.4 Å². The van der Waals surface area contributed by atoms with Gasteiger partial charge in [-0.15, -0.1) is 0 Å². The molecule has 0 atom stereocenters. The summed E-state index contributed by atoms with van der Waals surface area (Å²) >= 11 is 0. The SMILES string of the molecule is O=S(=O)(c1cnc2c(C3CCN(CCF)CC3)cccc2c1)c1ccccn1. The smallest absolute Gasteiger partial charge is 0.225 e. The number of rotatable bonds is 5. The number of likely N-dealkylation sites (tertiary alicyclic amines) is 1. The maximum atomic E-state index is 12.8.